The van der Waals surface area contributed by atoms with Crippen LogP contribution in [0.2, 0.25) is 0 Å². The Kier molecular flexibility index (Phi) is 19.1. The van der Waals surface area contributed by atoms with Crippen molar-refractivity contribution >= 4 is 35.7 Å². The minimum absolute atomic E-state index is 0. The van der Waals surface area contributed by atoms with Gasteiger partial charge in [-0.3, -0.25) is 9.98 Å². The van der Waals surface area contributed by atoms with Crippen molar-refractivity contribution in [1.82, 2.24) is 0 Å². The van der Waals surface area contributed by atoms with Gasteiger partial charge in [-0.05, 0) is 118 Å². The summed E-state index contributed by atoms with van der Waals surface area (Å²) in [6.45, 7) is 14.7. The largest absolute Gasteiger partial charge is 2.00 e. The number of hydrogen-bond donors (Lipinski definition) is 2. The molecule has 245 valence electrons. The maximum absolute atomic E-state index is 10.5. The number of benzene rings is 3. The molecule has 0 aliphatic heterocycles. The summed E-state index contributed by atoms with van der Waals surface area (Å²) in [4.78, 5) is 27.0. The Hall–Kier alpha value is -3.95. The molecule has 0 aliphatic carbocycles. The second-order valence-corrected chi connectivity index (χ2v) is 11.6. The number of rotatable bonds is 10. The Labute approximate surface area is 278 Å². The van der Waals surface area contributed by atoms with E-state index in [1.807, 2.05) is 50.2 Å². The number of carbonyl (C=O) groups is 2. The summed E-state index contributed by atoms with van der Waals surface area (Å²) in [5.74, 6) is -0.366. The number of phenols is 2. The summed E-state index contributed by atoms with van der Waals surface area (Å²) in [6.07, 6.45) is 7.62. The van der Waals surface area contributed by atoms with E-state index < -0.39 is 11.9 Å². The van der Waals surface area contributed by atoms with Crippen LogP contribution in [0, 0.1) is 25.7 Å². The van der Waals surface area contributed by atoms with Crippen LogP contribution < -0.4 is 10.2 Å². The first-order valence-corrected chi connectivity index (χ1v) is 14.8. The summed E-state index contributed by atoms with van der Waals surface area (Å²) >= 11 is 0. The molecule has 0 heterocycles. The molecule has 0 bridgehead atoms. The number of carboxylic acids is 2. The SMILES string of the molecule is CC(=O)[O-].CC(=O)[O-].Cc1cc(CCC(C)C)cc(C=Nc2cccc(N=Cc3cc(CCC(C)C)cc(C)c3O)c2)c1O.[Co+2]. The minimum Gasteiger partial charge on any atom is -0.550 e. The van der Waals surface area contributed by atoms with Gasteiger partial charge in [-0.1, -0.05) is 45.9 Å². The zero-order valence-corrected chi connectivity index (χ0v) is 28.6. The van der Waals surface area contributed by atoms with Crippen LogP contribution in [0.5, 0.6) is 11.5 Å². The molecule has 8 nitrogen and oxygen atoms in total. The average molecular weight is 662 g/mol. The summed E-state index contributed by atoms with van der Waals surface area (Å²) in [5.41, 5.74) is 7.10. The first-order chi connectivity index (χ1) is 20.6. The molecule has 0 amide bonds. The van der Waals surface area contributed by atoms with Crippen molar-refractivity contribution in [3.8, 4) is 11.5 Å². The van der Waals surface area contributed by atoms with Crippen LogP contribution in [0.4, 0.5) is 11.4 Å². The van der Waals surface area contributed by atoms with Crippen molar-refractivity contribution in [3.05, 3.63) is 81.9 Å². The second kappa shape index (κ2) is 20.9. The van der Waals surface area contributed by atoms with Gasteiger partial charge in [0.15, 0.2) is 0 Å². The number of phenolic OH excluding ortho intramolecular Hbond substituents is 2. The van der Waals surface area contributed by atoms with E-state index in [9.17, 15) is 10.2 Å². The van der Waals surface area contributed by atoms with E-state index in [-0.39, 0.29) is 28.3 Å². The molecule has 9 heteroatoms. The van der Waals surface area contributed by atoms with Crippen LogP contribution in [-0.4, -0.2) is 34.6 Å². The number of nitrogens with zero attached hydrogens (tertiary/aromatic N) is 2. The van der Waals surface area contributed by atoms with E-state index >= 15 is 0 Å². The van der Waals surface area contributed by atoms with Crippen molar-refractivity contribution in [2.45, 2.75) is 81.1 Å². The molecular weight excluding hydrogens is 615 g/mol. The number of hydrogen-bond acceptors (Lipinski definition) is 8. The van der Waals surface area contributed by atoms with E-state index in [2.05, 4.69) is 49.8 Å². The van der Waals surface area contributed by atoms with Crippen LogP contribution in [0.25, 0.3) is 0 Å². The van der Waals surface area contributed by atoms with Gasteiger partial charge in [0.05, 0.1) is 11.4 Å². The molecular formula is C36H46CoN2O6. The molecule has 1 radical (unpaired) electrons. The Morgan fingerprint density at radius 2 is 1.04 bits per heavy atom. The fourth-order valence-corrected chi connectivity index (χ4v) is 4.11. The maximum Gasteiger partial charge on any atom is 2.00 e. The van der Waals surface area contributed by atoms with E-state index in [0.29, 0.717) is 11.8 Å². The van der Waals surface area contributed by atoms with Crippen LogP contribution in [0.3, 0.4) is 0 Å². The zero-order valence-electron chi connectivity index (χ0n) is 27.5. The van der Waals surface area contributed by atoms with Gasteiger partial charge in [0.1, 0.15) is 11.5 Å². The van der Waals surface area contributed by atoms with Crippen LogP contribution in [0.1, 0.15) is 87.8 Å². The van der Waals surface area contributed by atoms with Crippen LogP contribution in [0.15, 0.2) is 58.5 Å². The van der Waals surface area contributed by atoms with E-state index in [1.165, 1.54) is 11.1 Å². The summed E-state index contributed by atoms with van der Waals surface area (Å²) in [5, 5.41) is 38.9. The quantitative estimate of drug-likeness (QED) is 0.259. The van der Waals surface area contributed by atoms with Gasteiger partial charge in [-0.25, -0.2) is 0 Å². The number of aryl methyl sites for hydroxylation is 4. The van der Waals surface area contributed by atoms with E-state index in [1.54, 1.807) is 12.4 Å². The molecule has 0 aromatic heterocycles. The predicted molar refractivity (Wildman–Crippen MR) is 174 cm³/mol. The van der Waals surface area contributed by atoms with Crippen molar-refractivity contribution in [2.75, 3.05) is 0 Å². The fraction of sp³-hybridized carbons (Fsp3) is 0.389. The molecule has 0 unspecified atom stereocenters. The fourth-order valence-electron chi connectivity index (χ4n) is 4.11. The molecule has 2 N–H and O–H groups in total. The molecule has 3 aromatic carbocycles. The van der Waals surface area contributed by atoms with Crippen LogP contribution in [-0.2, 0) is 39.2 Å². The average Bonchev–Trinajstić information content (AvgIpc) is 2.92. The number of aliphatic imine (C=N–C) groups is 2. The molecule has 3 rings (SSSR count). The Morgan fingerprint density at radius 1 is 0.711 bits per heavy atom. The third-order valence-electron chi connectivity index (χ3n) is 6.34. The Balaban J connectivity index is 0.00000192. The topological polar surface area (TPSA) is 145 Å². The smallest absolute Gasteiger partial charge is 0.550 e. The van der Waals surface area contributed by atoms with Gasteiger partial charge >= 0.3 is 16.8 Å². The van der Waals surface area contributed by atoms with Crippen LogP contribution >= 0.6 is 0 Å². The monoisotopic (exact) mass is 661 g/mol. The van der Waals surface area contributed by atoms with Crippen molar-refractivity contribution in [3.63, 3.8) is 0 Å². The molecule has 0 saturated heterocycles. The number of carbonyl (C=O) groups excluding carboxylic acids is 2. The Morgan fingerprint density at radius 3 is 1.36 bits per heavy atom. The summed E-state index contributed by atoms with van der Waals surface area (Å²) in [6, 6.07) is 15.8. The molecule has 3 aromatic rings. The number of aromatic hydroxyl groups is 2. The second-order valence-electron chi connectivity index (χ2n) is 11.6. The first kappa shape index (κ1) is 41.0. The maximum atomic E-state index is 10.5. The molecule has 45 heavy (non-hydrogen) atoms. The van der Waals surface area contributed by atoms with Gasteiger partial charge in [0.2, 0.25) is 0 Å². The number of aliphatic carboxylic acids is 2. The van der Waals surface area contributed by atoms with E-state index in [4.69, 9.17) is 19.8 Å². The molecule has 0 atom stereocenters. The molecule has 0 fully saturated rings. The van der Waals surface area contributed by atoms with Gasteiger partial charge in [0, 0.05) is 35.5 Å². The minimum atomic E-state index is -1.08. The standard InChI is InChI=1S/C32H40N2O2.2C2H4O2.Co/c1-21(2)10-12-25-14-23(5)31(35)27(16-25)19-33-29-8-7-9-30(18-29)34-20-28-17-26(13-11-22(3)4)15-24(6)32(28)36;2*1-2(3)4;/h7-9,14-22,35-36H,10-13H2,1-6H3;2*1H3,(H,3,4);/q;;;+2/p-2. The van der Waals surface area contributed by atoms with Crippen molar-refractivity contribution in [1.29, 1.82) is 0 Å². The van der Waals surface area contributed by atoms with Gasteiger partial charge in [-0.15, -0.1) is 0 Å². The Bertz CT molecular complexity index is 1330. The summed E-state index contributed by atoms with van der Waals surface area (Å²) in [7, 11) is 0. The zero-order chi connectivity index (χ0) is 33.4. The molecule has 0 aliphatic rings. The predicted octanol–water partition coefficient (Wildman–Crippen LogP) is 5.90. The van der Waals surface area contributed by atoms with Crippen molar-refractivity contribution < 1.29 is 46.8 Å². The van der Waals surface area contributed by atoms with E-state index in [0.717, 1.165) is 73.2 Å². The molecule has 0 saturated carbocycles. The third-order valence-corrected chi connectivity index (χ3v) is 6.34. The molecule has 0 spiro atoms. The van der Waals surface area contributed by atoms with Gasteiger partial charge in [-0.2, -0.15) is 0 Å². The third kappa shape index (κ3) is 17.2. The van der Waals surface area contributed by atoms with Crippen molar-refractivity contribution in [2.24, 2.45) is 21.8 Å². The number of carboxylic acid groups (broad SMARTS) is 2. The van der Waals surface area contributed by atoms with Gasteiger partial charge < -0.3 is 30.0 Å². The first-order valence-electron chi connectivity index (χ1n) is 14.8. The van der Waals surface area contributed by atoms with Gasteiger partial charge in [0.25, 0.3) is 0 Å². The normalized spacial score (nSPS) is 10.7. The summed E-state index contributed by atoms with van der Waals surface area (Å²) < 4.78 is 0.